The summed E-state index contributed by atoms with van der Waals surface area (Å²) in [5.41, 5.74) is 0. The first-order valence-electron chi connectivity index (χ1n) is 11.7. The van der Waals surface area contributed by atoms with E-state index in [2.05, 4.69) is 61.6 Å². The maximum atomic E-state index is 12.0. The van der Waals surface area contributed by atoms with Crippen LogP contribution in [0.3, 0.4) is 0 Å². The summed E-state index contributed by atoms with van der Waals surface area (Å²) in [7, 11) is 0. The van der Waals surface area contributed by atoms with Gasteiger partial charge in [0.25, 0.3) is 0 Å². The Bertz CT molecular complexity index is 667. The molecule has 0 heterocycles. The van der Waals surface area contributed by atoms with Crippen molar-refractivity contribution in [2.24, 2.45) is 0 Å². The van der Waals surface area contributed by atoms with Crippen molar-refractivity contribution in [3.8, 4) is 0 Å². The molecule has 0 unspecified atom stereocenters. The SMILES string of the molecule is CC/C=C/C/C=C/C/C=C/C/C=C/C/C=C/CCCC(=O)OC(COC(C)=O)COC(C)=O. The van der Waals surface area contributed by atoms with Gasteiger partial charge in [-0.1, -0.05) is 67.7 Å². The lowest BCUT2D eigenvalue weighted by Gasteiger charge is -2.17. The molecule has 0 N–H and O–H groups in total. The lowest BCUT2D eigenvalue weighted by molar-refractivity contribution is -0.165. The average molecular weight is 461 g/mol. The smallest absolute Gasteiger partial charge is 0.306 e. The van der Waals surface area contributed by atoms with E-state index in [0.717, 1.165) is 38.5 Å². The van der Waals surface area contributed by atoms with Crippen LogP contribution in [0.4, 0.5) is 0 Å². The third kappa shape index (κ3) is 23.6. The van der Waals surface area contributed by atoms with Crippen LogP contribution in [0.15, 0.2) is 60.8 Å². The van der Waals surface area contributed by atoms with Crippen LogP contribution in [0.2, 0.25) is 0 Å². The van der Waals surface area contributed by atoms with Gasteiger partial charge in [-0.25, -0.2) is 0 Å². The van der Waals surface area contributed by atoms with Gasteiger partial charge in [0.05, 0.1) is 0 Å². The zero-order valence-corrected chi connectivity index (χ0v) is 20.4. The Balaban J connectivity index is 3.89. The van der Waals surface area contributed by atoms with Crippen molar-refractivity contribution in [1.29, 1.82) is 0 Å². The van der Waals surface area contributed by atoms with Gasteiger partial charge in [-0.05, 0) is 44.9 Å². The number of esters is 3. The number of ether oxygens (including phenoxy) is 3. The largest absolute Gasteiger partial charge is 0.462 e. The zero-order valence-electron chi connectivity index (χ0n) is 20.4. The van der Waals surface area contributed by atoms with Gasteiger partial charge in [0.2, 0.25) is 0 Å². The lowest BCUT2D eigenvalue weighted by atomic mass is 10.2. The van der Waals surface area contributed by atoms with E-state index in [0.29, 0.717) is 6.42 Å². The Morgan fingerprint density at radius 1 is 0.667 bits per heavy atom. The Labute approximate surface area is 199 Å². The standard InChI is InChI=1S/C27H40O6/c1-4-5-6-7-8-9-10-11-12-13-14-15-16-17-18-19-20-21-27(30)33-26(22-31-24(2)28)23-32-25(3)29/h5-6,8-9,11-12,14-15,17-18,26H,4,7,10,13,16,19-23H2,1-3H3/b6-5+,9-8+,12-11+,15-14+,18-17+. The summed E-state index contributed by atoms with van der Waals surface area (Å²) in [5.74, 6) is -1.39. The highest BCUT2D eigenvalue weighted by Gasteiger charge is 2.17. The summed E-state index contributed by atoms with van der Waals surface area (Å²) in [4.78, 5) is 33.8. The molecule has 0 amide bonds. The molecule has 6 nitrogen and oxygen atoms in total. The molecule has 0 aliphatic heterocycles. The number of unbranched alkanes of at least 4 members (excludes halogenated alkanes) is 1. The fraction of sp³-hybridized carbons (Fsp3) is 0.519. The second-order valence-electron chi connectivity index (χ2n) is 7.32. The van der Waals surface area contributed by atoms with Gasteiger partial charge in [0.1, 0.15) is 13.2 Å². The van der Waals surface area contributed by atoms with Crippen molar-refractivity contribution in [3.63, 3.8) is 0 Å². The van der Waals surface area contributed by atoms with E-state index in [9.17, 15) is 14.4 Å². The highest BCUT2D eigenvalue weighted by Crippen LogP contribution is 2.04. The van der Waals surface area contributed by atoms with Crippen molar-refractivity contribution < 1.29 is 28.6 Å². The van der Waals surface area contributed by atoms with Crippen LogP contribution < -0.4 is 0 Å². The fourth-order valence-corrected chi connectivity index (χ4v) is 2.51. The molecule has 0 aliphatic carbocycles. The Kier molecular flexibility index (Phi) is 20.4. The van der Waals surface area contributed by atoms with Crippen LogP contribution in [-0.2, 0) is 28.6 Å². The zero-order chi connectivity index (χ0) is 24.6. The van der Waals surface area contributed by atoms with Gasteiger partial charge < -0.3 is 14.2 Å². The van der Waals surface area contributed by atoms with Gasteiger partial charge in [0.15, 0.2) is 6.10 Å². The minimum absolute atomic E-state index is 0.136. The van der Waals surface area contributed by atoms with E-state index in [-0.39, 0.29) is 19.6 Å². The predicted molar refractivity (Wildman–Crippen MR) is 131 cm³/mol. The molecule has 0 saturated heterocycles. The molecule has 0 spiro atoms. The number of carbonyl (C=O) groups is 3. The van der Waals surface area contributed by atoms with Crippen LogP contribution in [-0.4, -0.2) is 37.2 Å². The lowest BCUT2D eigenvalue weighted by Crippen LogP contribution is -2.30. The first-order valence-corrected chi connectivity index (χ1v) is 11.7. The molecule has 33 heavy (non-hydrogen) atoms. The maximum absolute atomic E-state index is 12.0. The molecule has 0 atom stereocenters. The average Bonchev–Trinajstić information content (AvgIpc) is 2.77. The molecule has 0 aromatic rings. The first kappa shape index (κ1) is 30.1. The van der Waals surface area contributed by atoms with Crippen molar-refractivity contribution >= 4 is 17.9 Å². The molecule has 0 bridgehead atoms. The summed E-state index contributed by atoms with van der Waals surface area (Å²) < 4.78 is 14.9. The number of rotatable bonds is 18. The third-order valence-corrected chi connectivity index (χ3v) is 4.15. The second kappa shape index (κ2) is 22.3. The van der Waals surface area contributed by atoms with Crippen molar-refractivity contribution in [2.75, 3.05) is 13.2 Å². The fourth-order valence-electron chi connectivity index (χ4n) is 2.51. The summed E-state index contributed by atoms with van der Waals surface area (Å²) in [6, 6.07) is 0. The van der Waals surface area contributed by atoms with Crippen LogP contribution >= 0.6 is 0 Å². The van der Waals surface area contributed by atoms with E-state index >= 15 is 0 Å². The summed E-state index contributed by atoms with van der Waals surface area (Å²) in [6.07, 6.45) is 27.1. The van der Waals surface area contributed by atoms with Gasteiger partial charge in [0, 0.05) is 20.3 Å². The Hall–Kier alpha value is -2.89. The minimum Gasteiger partial charge on any atom is -0.462 e. The molecule has 0 rings (SSSR count). The molecule has 0 aliphatic rings. The molecule has 184 valence electrons. The molecular formula is C27H40O6. The number of hydrogen-bond acceptors (Lipinski definition) is 6. The summed E-state index contributed by atoms with van der Waals surface area (Å²) in [5, 5.41) is 0. The van der Waals surface area contributed by atoms with Gasteiger partial charge in [-0.15, -0.1) is 0 Å². The highest BCUT2D eigenvalue weighted by molar-refractivity contribution is 5.70. The van der Waals surface area contributed by atoms with E-state index in [1.807, 2.05) is 6.08 Å². The van der Waals surface area contributed by atoms with Gasteiger partial charge in [-0.2, -0.15) is 0 Å². The minimum atomic E-state index is -0.793. The van der Waals surface area contributed by atoms with Crippen LogP contribution in [0.1, 0.15) is 72.1 Å². The van der Waals surface area contributed by atoms with E-state index in [1.54, 1.807) is 0 Å². The van der Waals surface area contributed by atoms with Crippen molar-refractivity contribution in [2.45, 2.75) is 78.2 Å². The van der Waals surface area contributed by atoms with Gasteiger partial charge in [-0.3, -0.25) is 14.4 Å². The molecule has 0 aromatic carbocycles. The van der Waals surface area contributed by atoms with Crippen molar-refractivity contribution in [1.82, 2.24) is 0 Å². The highest BCUT2D eigenvalue weighted by atomic mass is 16.6. The number of hydrogen-bond donors (Lipinski definition) is 0. The molecule has 0 radical (unpaired) electrons. The van der Waals surface area contributed by atoms with Crippen LogP contribution in [0.25, 0.3) is 0 Å². The maximum Gasteiger partial charge on any atom is 0.306 e. The first-order chi connectivity index (χ1) is 16.0. The molecule has 0 saturated carbocycles. The van der Waals surface area contributed by atoms with Crippen LogP contribution in [0.5, 0.6) is 0 Å². The van der Waals surface area contributed by atoms with Crippen molar-refractivity contribution in [3.05, 3.63) is 60.8 Å². The third-order valence-electron chi connectivity index (χ3n) is 4.15. The molecule has 0 fully saturated rings. The normalized spacial score (nSPS) is 12.1. The monoisotopic (exact) mass is 460 g/mol. The van der Waals surface area contributed by atoms with E-state index < -0.39 is 24.0 Å². The Morgan fingerprint density at radius 2 is 1.09 bits per heavy atom. The number of carbonyl (C=O) groups excluding carboxylic acids is 3. The topological polar surface area (TPSA) is 78.9 Å². The molecule has 6 heteroatoms. The Morgan fingerprint density at radius 3 is 1.52 bits per heavy atom. The van der Waals surface area contributed by atoms with E-state index in [1.165, 1.54) is 13.8 Å². The molecule has 0 aromatic heterocycles. The summed E-state index contributed by atoms with van der Waals surface area (Å²) in [6.45, 7) is 4.38. The van der Waals surface area contributed by atoms with Gasteiger partial charge >= 0.3 is 17.9 Å². The summed E-state index contributed by atoms with van der Waals surface area (Å²) >= 11 is 0. The van der Waals surface area contributed by atoms with Crippen LogP contribution in [0, 0.1) is 0 Å². The predicted octanol–water partition coefficient (Wildman–Crippen LogP) is 5.95. The number of allylic oxidation sites excluding steroid dienone is 10. The quantitative estimate of drug-likeness (QED) is 0.109. The molecular weight excluding hydrogens is 420 g/mol. The van der Waals surface area contributed by atoms with E-state index in [4.69, 9.17) is 14.2 Å². The second-order valence-corrected chi connectivity index (χ2v) is 7.32.